The van der Waals surface area contributed by atoms with Crippen molar-refractivity contribution >= 4 is 12.2 Å². The van der Waals surface area contributed by atoms with Gasteiger partial charge in [-0.1, -0.05) is 0 Å². The van der Waals surface area contributed by atoms with Gasteiger partial charge in [-0.3, -0.25) is 0 Å². The Hall–Kier alpha value is -2.18. The summed E-state index contributed by atoms with van der Waals surface area (Å²) in [6, 6.07) is 33.0. The van der Waals surface area contributed by atoms with E-state index in [1.165, 1.54) is 59.2 Å². The van der Waals surface area contributed by atoms with E-state index in [0.717, 1.165) is 0 Å². The van der Waals surface area contributed by atoms with E-state index in [1.54, 1.807) is 22.3 Å². The van der Waals surface area contributed by atoms with E-state index < -0.39 is 20.3 Å². The van der Waals surface area contributed by atoms with Crippen LogP contribution in [0.15, 0.2) is 96.1 Å². The number of hydrogen-bond donors (Lipinski definition) is 0. The third-order valence-electron chi connectivity index (χ3n) is 10.8. The first kappa shape index (κ1) is 33.2. The monoisotopic (exact) mass is 696 g/mol. The fourth-order valence-corrected chi connectivity index (χ4v) is 24.2. The third kappa shape index (κ3) is 5.36. The normalized spacial score (nSPS) is 18.6. The Labute approximate surface area is 282 Å². The molecule has 44 heavy (non-hydrogen) atoms. The molecular formula is C41H44Cl2Zr. The molecule has 2 atom stereocenters. The summed E-state index contributed by atoms with van der Waals surface area (Å²) in [4.78, 5) is 0. The largest absolute Gasteiger partial charge is 1.00 e. The van der Waals surface area contributed by atoms with Gasteiger partial charge in [0.05, 0.1) is 0 Å². The molecule has 0 bridgehead atoms. The van der Waals surface area contributed by atoms with Crippen molar-refractivity contribution in [2.75, 3.05) is 0 Å². The molecule has 2 aliphatic carbocycles. The van der Waals surface area contributed by atoms with Crippen molar-refractivity contribution in [2.24, 2.45) is 0 Å². The molecule has 7 rings (SSSR count). The molecule has 0 aromatic heterocycles. The molecule has 1 aliphatic heterocycles. The van der Waals surface area contributed by atoms with E-state index in [0.29, 0.717) is 19.1 Å². The fourth-order valence-electron chi connectivity index (χ4n) is 8.56. The molecule has 4 aromatic carbocycles. The Morgan fingerprint density at radius 2 is 0.932 bits per heavy atom. The first-order valence-corrected chi connectivity index (χ1v) is 22.4. The molecule has 0 spiro atoms. The van der Waals surface area contributed by atoms with E-state index in [1.807, 2.05) is 0 Å². The zero-order chi connectivity index (χ0) is 29.2. The maximum absolute atomic E-state index is 2.75. The standard InChI is InChI=1S/2C19H19.C3H6.2ClH.Zr/c2*1-13(2)15-7-9-16(10-8-15)18-6-4-5-17-11-14(3)12-19(17)18;1-3-2;;;/h2*4-13H,1-3H3;1-3H2;2*1H;/q;;;;;+2/p-2. The van der Waals surface area contributed by atoms with E-state index in [4.69, 9.17) is 0 Å². The summed E-state index contributed by atoms with van der Waals surface area (Å²) in [5.74, 6) is 1.12. The number of halogens is 2. The van der Waals surface area contributed by atoms with Gasteiger partial charge in [0.25, 0.3) is 0 Å². The minimum atomic E-state index is -2.75. The van der Waals surface area contributed by atoms with Crippen LogP contribution in [0, 0.1) is 0 Å². The molecule has 3 heteroatoms. The molecule has 3 aliphatic rings. The van der Waals surface area contributed by atoms with Crippen molar-refractivity contribution < 1.29 is 45.1 Å². The van der Waals surface area contributed by atoms with Crippen molar-refractivity contribution in [1.29, 1.82) is 0 Å². The van der Waals surface area contributed by atoms with Crippen LogP contribution in [0.25, 0.3) is 34.4 Å². The first-order valence-electron chi connectivity index (χ1n) is 16.1. The van der Waals surface area contributed by atoms with E-state index in [-0.39, 0.29) is 24.8 Å². The quantitative estimate of drug-likeness (QED) is 0.222. The zero-order valence-corrected chi connectivity index (χ0v) is 30.9. The van der Waals surface area contributed by atoms with Gasteiger partial charge in [0.15, 0.2) is 0 Å². The summed E-state index contributed by atoms with van der Waals surface area (Å²) in [7, 11) is 0. The van der Waals surface area contributed by atoms with Crippen molar-refractivity contribution in [2.45, 2.75) is 75.3 Å². The molecular weight excluding hydrogens is 655 g/mol. The van der Waals surface area contributed by atoms with E-state index in [2.05, 4.69) is 139 Å². The van der Waals surface area contributed by atoms with E-state index >= 15 is 0 Å². The summed E-state index contributed by atoms with van der Waals surface area (Å²) in [5.41, 5.74) is 17.9. The van der Waals surface area contributed by atoms with Crippen LogP contribution >= 0.6 is 0 Å². The topological polar surface area (TPSA) is 0 Å². The Balaban J connectivity index is 0.00000192. The second-order valence-corrected chi connectivity index (χ2v) is 25.3. The Bertz CT molecular complexity index is 1590. The Morgan fingerprint density at radius 1 is 0.545 bits per heavy atom. The molecule has 0 nitrogen and oxygen atoms in total. The molecule has 1 saturated heterocycles. The van der Waals surface area contributed by atoms with Crippen LogP contribution in [0.2, 0.25) is 8.26 Å². The number of hydrogen-bond acceptors (Lipinski definition) is 0. The van der Waals surface area contributed by atoms with Gasteiger partial charge in [0.1, 0.15) is 0 Å². The van der Waals surface area contributed by atoms with Gasteiger partial charge < -0.3 is 24.8 Å². The van der Waals surface area contributed by atoms with Gasteiger partial charge in [-0.2, -0.15) is 0 Å². The van der Waals surface area contributed by atoms with Gasteiger partial charge in [0.2, 0.25) is 0 Å². The SMILES string of the molecule is CC1=Cc2c(-c3ccc(C(C)C)cc3)cccc2[CH]1[Zr+2]1([CH]2C(C)=Cc3c(-c4ccc(C(C)C)cc4)cccc32)[CH2]C[CH2]1.[Cl-].[Cl-]. The summed E-state index contributed by atoms with van der Waals surface area (Å²) >= 11 is -2.75. The smallest absolute Gasteiger partial charge is 1.00 e. The molecule has 4 aromatic rings. The van der Waals surface area contributed by atoms with Gasteiger partial charge >= 0.3 is 259 Å². The number of fused-ring (bicyclic) bond motifs is 2. The average molecular weight is 699 g/mol. The van der Waals surface area contributed by atoms with Crippen LogP contribution in [-0.2, 0) is 20.3 Å². The predicted molar refractivity (Wildman–Crippen MR) is 179 cm³/mol. The number of rotatable bonds is 6. The first-order chi connectivity index (χ1) is 20.3. The van der Waals surface area contributed by atoms with Crippen LogP contribution in [0.1, 0.15) is 100 Å². The van der Waals surface area contributed by atoms with E-state index in [9.17, 15) is 0 Å². The molecule has 226 valence electrons. The predicted octanol–water partition coefficient (Wildman–Crippen LogP) is 6.29. The third-order valence-corrected chi connectivity index (χ3v) is 26.5. The van der Waals surface area contributed by atoms with Crippen LogP contribution < -0.4 is 24.8 Å². The summed E-state index contributed by atoms with van der Waals surface area (Å²) in [6.07, 6.45) is 6.57. The number of allylic oxidation sites excluding steroid dienone is 2. The van der Waals surface area contributed by atoms with Crippen LogP contribution in [-0.4, -0.2) is 0 Å². The summed E-state index contributed by atoms with van der Waals surface area (Å²) in [6.45, 7) is 14.0. The molecule has 0 saturated carbocycles. The summed E-state index contributed by atoms with van der Waals surface area (Å²) < 4.78 is 4.34. The average Bonchev–Trinajstić information content (AvgIpc) is 3.49. The molecule has 1 fully saturated rings. The van der Waals surface area contributed by atoms with Crippen molar-refractivity contribution in [3.05, 3.63) is 129 Å². The Kier molecular flexibility index (Phi) is 9.74. The minimum absolute atomic E-state index is 0. The second-order valence-electron chi connectivity index (χ2n) is 13.9. The van der Waals surface area contributed by atoms with Crippen molar-refractivity contribution in [1.82, 2.24) is 0 Å². The maximum Gasteiger partial charge on any atom is -1.00 e. The molecule has 0 N–H and O–H groups in total. The molecule has 0 radical (unpaired) electrons. The molecule has 2 unspecified atom stereocenters. The van der Waals surface area contributed by atoms with Gasteiger partial charge in [-0.25, -0.2) is 0 Å². The zero-order valence-electron chi connectivity index (χ0n) is 26.9. The van der Waals surface area contributed by atoms with Crippen LogP contribution in [0.5, 0.6) is 0 Å². The van der Waals surface area contributed by atoms with Gasteiger partial charge in [-0.05, 0) is 0 Å². The van der Waals surface area contributed by atoms with Crippen molar-refractivity contribution in [3.63, 3.8) is 0 Å². The van der Waals surface area contributed by atoms with Gasteiger partial charge in [0, 0.05) is 0 Å². The number of benzene rings is 4. The van der Waals surface area contributed by atoms with Crippen molar-refractivity contribution in [3.8, 4) is 22.3 Å². The van der Waals surface area contributed by atoms with Crippen LogP contribution in [0.3, 0.4) is 0 Å². The Morgan fingerprint density at radius 3 is 1.25 bits per heavy atom. The minimum Gasteiger partial charge on any atom is -1.00 e. The molecule has 1 heterocycles. The second kappa shape index (κ2) is 12.9. The maximum atomic E-state index is 2.57. The molecule has 0 amide bonds. The fraction of sp³-hybridized carbons (Fsp3) is 0.317. The van der Waals surface area contributed by atoms with Gasteiger partial charge in [-0.15, -0.1) is 0 Å². The van der Waals surface area contributed by atoms with Crippen LogP contribution in [0.4, 0.5) is 0 Å². The summed E-state index contributed by atoms with van der Waals surface area (Å²) in [5, 5.41) is 0.